The minimum absolute atomic E-state index is 0.0356. The molecule has 5 heteroatoms. The van der Waals surface area contributed by atoms with Gasteiger partial charge in [-0.15, -0.1) is 23.5 Å². The molecule has 1 aliphatic rings. The van der Waals surface area contributed by atoms with E-state index < -0.39 is 0 Å². The minimum Gasteiger partial charge on any atom is -0.322 e. The summed E-state index contributed by atoms with van der Waals surface area (Å²) in [5.41, 5.74) is 2.08. The maximum absolute atomic E-state index is 13.0. The van der Waals surface area contributed by atoms with Crippen molar-refractivity contribution in [3.05, 3.63) is 65.5 Å². The Labute approximate surface area is 138 Å². The van der Waals surface area contributed by atoms with Gasteiger partial charge in [0.15, 0.2) is 0 Å². The Morgan fingerprint density at radius 2 is 1.86 bits per heavy atom. The van der Waals surface area contributed by atoms with E-state index >= 15 is 0 Å². The highest BCUT2D eigenvalue weighted by Crippen LogP contribution is 2.39. The molecule has 22 heavy (non-hydrogen) atoms. The fraction of sp³-hybridized carbons (Fsp3) is 0.235. The molecule has 1 fully saturated rings. The monoisotopic (exact) mass is 333 g/mol. The fourth-order valence-electron chi connectivity index (χ4n) is 2.46. The van der Waals surface area contributed by atoms with Crippen LogP contribution in [-0.2, 0) is 11.3 Å². The quantitative estimate of drug-likeness (QED) is 0.777. The zero-order valence-electron chi connectivity index (χ0n) is 12.2. The van der Waals surface area contributed by atoms with E-state index in [1.807, 2.05) is 11.2 Å². The van der Waals surface area contributed by atoms with Crippen LogP contribution in [0.3, 0.4) is 0 Å². The standard InChI is InChI=1S/C17H16FNOS2/c1-21-15-8-4-13(5-9-15)17-19(16(20)11-22-17)10-12-2-6-14(18)7-3-12/h2-9,17H,10-11H2,1H3. The molecular formula is C17H16FNOS2. The van der Waals surface area contributed by atoms with Crippen molar-refractivity contribution in [2.24, 2.45) is 0 Å². The Kier molecular flexibility index (Phi) is 4.74. The zero-order chi connectivity index (χ0) is 15.5. The Morgan fingerprint density at radius 1 is 1.18 bits per heavy atom. The summed E-state index contributed by atoms with van der Waals surface area (Å²) >= 11 is 3.35. The topological polar surface area (TPSA) is 20.3 Å². The minimum atomic E-state index is -0.255. The molecule has 1 aliphatic heterocycles. The van der Waals surface area contributed by atoms with Crippen LogP contribution in [0.4, 0.5) is 4.39 Å². The molecule has 3 rings (SSSR count). The number of rotatable bonds is 4. The molecule has 1 heterocycles. The number of benzene rings is 2. The maximum Gasteiger partial charge on any atom is 0.234 e. The lowest BCUT2D eigenvalue weighted by atomic mass is 10.1. The molecule has 0 N–H and O–H groups in total. The summed E-state index contributed by atoms with van der Waals surface area (Å²) in [6.45, 7) is 0.515. The lowest BCUT2D eigenvalue weighted by Gasteiger charge is -2.24. The van der Waals surface area contributed by atoms with Crippen LogP contribution >= 0.6 is 23.5 Å². The van der Waals surface area contributed by atoms with Crippen molar-refractivity contribution in [3.63, 3.8) is 0 Å². The van der Waals surface area contributed by atoms with Gasteiger partial charge in [-0.25, -0.2) is 4.39 Å². The number of halogens is 1. The largest absolute Gasteiger partial charge is 0.322 e. The van der Waals surface area contributed by atoms with Crippen LogP contribution in [0.15, 0.2) is 53.4 Å². The lowest BCUT2D eigenvalue weighted by Crippen LogP contribution is -2.27. The normalized spacial score (nSPS) is 18.0. The molecule has 0 radical (unpaired) electrons. The zero-order valence-corrected chi connectivity index (χ0v) is 13.8. The SMILES string of the molecule is CSc1ccc(C2SCC(=O)N2Cc2ccc(F)cc2)cc1. The molecule has 1 atom stereocenters. The van der Waals surface area contributed by atoms with Crippen molar-refractivity contribution in [1.29, 1.82) is 0 Å². The van der Waals surface area contributed by atoms with Crippen LogP contribution < -0.4 is 0 Å². The van der Waals surface area contributed by atoms with E-state index in [4.69, 9.17) is 0 Å². The number of hydrogen-bond donors (Lipinski definition) is 0. The molecular weight excluding hydrogens is 317 g/mol. The van der Waals surface area contributed by atoms with Gasteiger partial charge in [0.2, 0.25) is 5.91 Å². The third kappa shape index (κ3) is 3.31. The van der Waals surface area contributed by atoms with Crippen LogP contribution in [0.1, 0.15) is 16.5 Å². The Bertz CT molecular complexity index is 657. The summed E-state index contributed by atoms with van der Waals surface area (Å²) < 4.78 is 13.0. The third-order valence-electron chi connectivity index (χ3n) is 3.64. The third-order valence-corrected chi connectivity index (χ3v) is 5.63. The Morgan fingerprint density at radius 3 is 2.50 bits per heavy atom. The van der Waals surface area contributed by atoms with E-state index in [1.54, 1.807) is 35.7 Å². The predicted molar refractivity (Wildman–Crippen MR) is 90.4 cm³/mol. The second-order valence-electron chi connectivity index (χ2n) is 5.08. The molecule has 1 amide bonds. The average molecular weight is 333 g/mol. The number of thioether (sulfide) groups is 2. The fourth-order valence-corrected chi connectivity index (χ4v) is 4.05. The van der Waals surface area contributed by atoms with Gasteiger partial charge in [-0.05, 0) is 41.6 Å². The molecule has 0 saturated carbocycles. The molecule has 0 bridgehead atoms. The van der Waals surface area contributed by atoms with Gasteiger partial charge in [0.05, 0.1) is 5.75 Å². The van der Waals surface area contributed by atoms with Crippen molar-refractivity contribution in [2.45, 2.75) is 16.8 Å². The van der Waals surface area contributed by atoms with E-state index in [-0.39, 0.29) is 17.1 Å². The predicted octanol–water partition coefficient (Wildman–Crippen LogP) is 4.32. The van der Waals surface area contributed by atoms with Crippen molar-refractivity contribution in [2.75, 3.05) is 12.0 Å². The van der Waals surface area contributed by atoms with Gasteiger partial charge in [-0.2, -0.15) is 0 Å². The lowest BCUT2D eigenvalue weighted by molar-refractivity contribution is -0.128. The average Bonchev–Trinajstić information content (AvgIpc) is 2.91. The van der Waals surface area contributed by atoms with Gasteiger partial charge in [0.1, 0.15) is 11.2 Å². The van der Waals surface area contributed by atoms with Crippen LogP contribution in [0.25, 0.3) is 0 Å². The first-order valence-electron chi connectivity index (χ1n) is 6.97. The number of nitrogens with zero attached hydrogens (tertiary/aromatic N) is 1. The highest BCUT2D eigenvalue weighted by atomic mass is 32.2. The molecule has 2 aromatic rings. The van der Waals surface area contributed by atoms with Gasteiger partial charge in [-0.1, -0.05) is 24.3 Å². The van der Waals surface area contributed by atoms with Gasteiger partial charge in [0, 0.05) is 11.4 Å². The molecule has 0 spiro atoms. The molecule has 2 nitrogen and oxygen atoms in total. The first kappa shape index (κ1) is 15.4. The van der Waals surface area contributed by atoms with E-state index in [0.717, 1.165) is 11.1 Å². The summed E-state index contributed by atoms with van der Waals surface area (Å²) in [7, 11) is 0. The maximum atomic E-state index is 13.0. The number of carbonyl (C=O) groups excluding carboxylic acids is 1. The van der Waals surface area contributed by atoms with Crippen molar-refractivity contribution in [3.8, 4) is 0 Å². The molecule has 114 valence electrons. The second-order valence-corrected chi connectivity index (χ2v) is 7.03. The van der Waals surface area contributed by atoms with E-state index in [9.17, 15) is 9.18 Å². The summed E-state index contributed by atoms with van der Waals surface area (Å²) in [5.74, 6) is 0.374. The second kappa shape index (κ2) is 6.75. The van der Waals surface area contributed by atoms with Crippen LogP contribution in [0, 0.1) is 5.82 Å². The van der Waals surface area contributed by atoms with E-state index in [2.05, 4.69) is 24.3 Å². The number of hydrogen-bond acceptors (Lipinski definition) is 3. The number of carbonyl (C=O) groups is 1. The first-order chi connectivity index (χ1) is 10.7. The van der Waals surface area contributed by atoms with Gasteiger partial charge in [0.25, 0.3) is 0 Å². The van der Waals surface area contributed by atoms with Crippen molar-refractivity contribution in [1.82, 2.24) is 4.90 Å². The molecule has 0 aliphatic carbocycles. The van der Waals surface area contributed by atoms with Gasteiger partial charge >= 0.3 is 0 Å². The Hall–Kier alpha value is -1.46. The highest BCUT2D eigenvalue weighted by Gasteiger charge is 2.32. The molecule has 0 aromatic heterocycles. The van der Waals surface area contributed by atoms with E-state index in [1.165, 1.54) is 17.0 Å². The highest BCUT2D eigenvalue weighted by molar-refractivity contribution is 8.00. The van der Waals surface area contributed by atoms with Gasteiger partial charge in [-0.3, -0.25) is 4.79 Å². The number of amides is 1. The summed E-state index contributed by atoms with van der Waals surface area (Å²) in [5, 5.41) is 0.0356. The van der Waals surface area contributed by atoms with Crippen molar-refractivity contribution < 1.29 is 9.18 Å². The van der Waals surface area contributed by atoms with Crippen LogP contribution in [-0.4, -0.2) is 22.8 Å². The van der Waals surface area contributed by atoms with Crippen LogP contribution in [0.2, 0.25) is 0 Å². The Balaban J connectivity index is 1.80. The molecule has 1 unspecified atom stereocenters. The molecule has 2 aromatic carbocycles. The smallest absolute Gasteiger partial charge is 0.234 e. The summed E-state index contributed by atoms with van der Waals surface area (Å²) in [6.07, 6.45) is 2.05. The summed E-state index contributed by atoms with van der Waals surface area (Å²) in [4.78, 5) is 15.3. The van der Waals surface area contributed by atoms with Crippen molar-refractivity contribution >= 4 is 29.4 Å². The summed E-state index contributed by atoms with van der Waals surface area (Å²) in [6, 6.07) is 14.7. The van der Waals surface area contributed by atoms with E-state index in [0.29, 0.717) is 12.3 Å². The first-order valence-corrected chi connectivity index (χ1v) is 9.24. The van der Waals surface area contributed by atoms with Crippen LogP contribution in [0.5, 0.6) is 0 Å². The van der Waals surface area contributed by atoms with Gasteiger partial charge < -0.3 is 4.90 Å². The molecule has 1 saturated heterocycles.